The van der Waals surface area contributed by atoms with Gasteiger partial charge in [0.1, 0.15) is 17.7 Å². The van der Waals surface area contributed by atoms with E-state index >= 15 is 0 Å². The molecule has 6 heteroatoms. The molecule has 34 heavy (non-hydrogen) atoms. The number of imidazole rings is 1. The first-order valence-corrected chi connectivity index (χ1v) is 13.0. The number of ketones is 1. The highest BCUT2D eigenvalue weighted by molar-refractivity contribution is 6.80. The number of carbonyl (C=O) groups is 1. The molecule has 0 saturated heterocycles. The van der Waals surface area contributed by atoms with Gasteiger partial charge in [-0.2, -0.15) is 0 Å². The van der Waals surface area contributed by atoms with E-state index in [0.29, 0.717) is 11.4 Å². The molecule has 4 nitrogen and oxygen atoms in total. The van der Waals surface area contributed by atoms with Crippen molar-refractivity contribution in [1.82, 2.24) is 9.55 Å². The zero-order valence-corrected chi connectivity index (χ0v) is 20.8. The minimum Gasteiger partial charge on any atom is -0.400 e. The highest BCUT2D eigenvalue weighted by Crippen LogP contribution is 2.36. The molecule has 0 aliphatic rings. The zero-order chi connectivity index (χ0) is 24.1. The Kier molecular flexibility index (Phi) is 7.19. The van der Waals surface area contributed by atoms with Crippen LogP contribution in [0.15, 0.2) is 97.3 Å². The number of Topliss-reactive ketones (excluding diaryl/α,β-unsaturated/α-hetero) is 1. The summed E-state index contributed by atoms with van der Waals surface area (Å²) >= 11 is 0. The molecule has 0 saturated carbocycles. The molecule has 0 radical (unpaired) electrons. The van der Waals surface area contributed by atoms with Crippen LogP contribution in [0.1, 0.15) is 43.1 Å². The van der Waals surface area contributed by atoms with Crippen molar-refractivity contribution in [2.45, 2.75) is 33.4 Å². The van der Waals surface area contributed by atoms with Crippen molar-refractivity contribution in [3.63, 3.8) is 0 Å². The van der Waals surface area contributed by atoms with Gasteiger partial charge in [-0.15, -0.1) is 0 Å². The molecular formula is C28H29FN2O2Si. The van der Waals surface area contributed by atoms with Crippen LogP contribution >= 0.6 is 0 Å². The van der Waals surface area contributed by atoms with Crippen molar-refractivity contribution in [2.75, 3.05) is 0 Å². The second-order valence-corrected chi connectivity index (χ2v) is 11.8. The van der Waals surface area contributed by atoms with Crippen molar-refractivity contribution in [3.8, 4) is 0 Å². The molecule has 4 aromatic rings. The number of rotatable bonds is 8. The molecule has 0 aliphatic carbocycles. The first-order chi connectivity index (χ1) is 16.3. The van der Waals surface area contributed by atoms with Crippen LogP contribution < -0.4 is 10.4 Å². The van der Waals surface area contributed by atoms with Crippen molar-refractivity contribution in [3.05, 3.63) is 115 Å². The van der Waals surface area contributed by atoms with Gasteiger partial charge in [-0.1, -0.05) is 81.4 Å². The predicted octanol–water partition coefficient (Wildman–Crippen LogP) is 4.55. The third-order valence-electron chi connectivity index (χ3n) is 5.73. The van der Waals surface area contributed by atoms with E-state index in [9.17, 15) is 9.18 Å². The smallest absolute Gasteiger partial charge is 0.240 e. The average molecular weight is 473 g/mol. The Hall–Kier alpha value is -3.35. The molecule has 174 valence electrons. The predicted molar refractivity (Wildman–Crippen MR) is 136 cm³/mol. The molecule has 0 bridgehead atoms. The Bertz CT molecular complexity index is 1180. The maximum Gasteiger partial charge on any atom is 0.240 e. The summed E-state index contributed by atoms with van der Waals surface area (Å²) in [5.41, 5.74) is 0.201. The monoisotopic (exact) mass is 472 g/mol. The molecule has 0 fully saturated rings. The summed E-state index contributed by atoms with van der Waals surface area (Å²) < 4.78 is 22.1. The van der Waals surface area contributed by atoms with Crippen LogP contribution in [0.5, 0.6) is 0 Å². The number of hydrogen-bond acceptors (Lipinski definition) is 3. The van der Waals surface area contributed by atoms with E-state index in [0.717, 1.165) is 0 Å². The van der Waals surface area contributed by atoms with E-state index in [1.54, 1.807) is 12.4 Å². The van der Waals surface area contributed by atoms with Gasteiger partial charge in [0.25, 0.3) is 0 Å². The molecule has 1 unspecified atom stereocenters. The van der Waals surface area contributed by atoms with E-state index in [2.05, 4.69) is 50.0 Å². The lowest BCUT2D eigenvalue weighted by Crippen LogP contribution is -2.47. The summed E-state index contributed by atoms with van der Waals surface area (Å²) in [5.74, 6) is 0.248. The average Bonchev–Trinajstić information content (AvgIpc) is 3.27. The second-order valence-electron chi connectivity index (χ2n) is 9.43. The Morgan fingerprint density at radius 2 is 1.50 bits per heavy atom. The minimum absolute atomic E-state index is 0.105. The van der Waals surface area contributed by atoms with Crippen molar-refractivity contribution < 1.29 is 13.6 Å². The maximum atomic E-state index is 13.3. The number of benzene rings is 3. The van der Waals surface area contributed by atoms with E-state index in [1.165, 1.54) is 34.6 Å². The standard InChI is InChI=1S/C28H29FN2O2Si/c1-28(2,3)26(33-34(23-10-6-4-7-11-23)24-12-8-5-9-13-24)27-30-18-19-31(27)20-25(32)21-14-16-22(29)17-15-21/h4-19,26,34H,20H2,1-3H3. The van der Waals surface area contributed by atoms with Gasteiger partial charge >= 0.3 is 0 Å². The van der Waals surface area contributed by atoms with Gasteiger partial charge < -0.3 is 8.99 Å². The lowest BCUT2D eigenvalue weighted by atomic mass is 9.88. The number of carbonyl (C=O) groups excluding carboxylic acids is 1. The van der Waals surface area contributed by atoms with Gasteiger partial charge in [-0.25, -0.2) is 9.37 Å². The van der Waals surface area contributed by atoms with Gasteiger partial charge in [0.2, 0.25) is 9.04 Å². The summed E-state index contributed by atoms with van der Waals surface area (Å²) in [6, 6.07) is 26.3. The molecule has 0 N–H and O–H groups in total. The summed E-state index contributed by atoms with van der Waals surface area (Å²) in [6.07, 6.45) is 3.18. The van der Waals surface area contributed by atoms with E-state index < -0.39 is 9.04 Å². The first kappa shape index (κ1) is 23.8. The van der Waals surface area contributed by atoms with Gasteiger partial charge in [-0.3, -0.25) is 4.79 Å². The summed E-state index contributed by atoms with van der Waals surface area (Å²) in [7, 11) is -2.05. The Morgan fingerprint density at radius 1 is 0.941 bits per heavy atom. The van der Waals surface area contributed by atoms with Crippen molar-refractivity contribution in [2.24, 2.45) is 5.41 Å². The minimum atomic E-state index is -2.05. The molecule has 1 heterocycles. The van der Waals surface area contributed by atoms with Gasteiger partial charge in [0, 0.05) is 18.0 Å². The van der Waals surface area contributed by atoms with Gasteiger partial charge in [0.05, 0.1) is 6.54 Å². The topological polar surface area (TPSA) is 44.1 Å². The third kappa shape index (κ3) is 5.58. The first-order valence-electron chi connectivity index (χ1n) is 11.4. The SMILES string of the molecule is CC(C)(C)C(O[SiH](c1ccccc1)c1ccccc1)c1nccn1CC(=O)c1ccc(F)cc1. The normalized spacial score (nSPS) is 12.6. The molecule has 0 amide bonds. The molecule has 0 spiro atoms. The second kappa shape index (κ2) is 10.3. The largest absolute Gasteiger partial charge is 0.400 e. The van der Waals surface area contributed by atoms with Gasteiger partial charge in [-0.05, 0) is 40.1 Å². The Balaban J connectivity index is 1.67. The quantitative estimate of drug-likeness (QED) is 0.279. The molecule has 1 atom stereocenters. The van der Waals surface area contributed by atoms with Crippen LogP contribution in [0.4, 0.5) is 4.39 Å². The zero-order valence-electron chi connectivity index (χ0n) is 19.7. The molecule has 3 aromatic carbocycles. The lowest BCUT2D eigenvalue weighted by Gasteiger charge is -2.34. The van der Waals surface area contributed by atoms with E-state index in [4.69, 9.17) is 4.43 Å². The summed E-state index contributed by atoms with van der Waals surface area (Å²) in [6.45, 7) is 6.49. The number of nitrogens with zero attached hydrogens (tertiary/aromatic N) is 2. The number of halogens is 1. The fourth-order valence-corrected chi connectivity index (χ4v) is 6.61. The summed E-state index contributed by atoms with van der Waals surface area (Å²) in [5, 5.41) is 2.37. The Labute approximate surface area is 201 Å². The van der Waals surface area contributed by atoms with Crippen LogP contribution in [0.25, 0.3) is 0 Å². The fraction of sp³-hybridized carbons (Fsp3) is 0.214. The van der Waals surface area contributed by atoms with Crippen LogP contribution in [-0.4, -0.2) is 24.4 Å². The molecular weight excluding hydrogens is 443 g/mol. The molecule has 0 aliphatic heterocycles. The lowest BCUT2D eigenvalue weighted by molar-refractivity contribution is 0.0764. The third-order valence-corrected chi connectivity index (χ3v) is 8.25. The Morgan fingerprint density at radius 3 is 2.03 bits per heavy atom. The number of aromatic nitrogens is 2. The van der Waals surface area contributed by atoms with E-state index in [1.807, 2.05) is 41.0 Å². The molecule has 4 rings (SSSR count). The van der Waals surface area contributed by atoms with Crippen molar-refractivity contribution in [1.29, 1.82) is 0 Å². The van der Waals surface area contributed by atoms with E-state index in [-0.39, 0.29) is 29.7 Å². The summed E-state index contributed by atoms with van der Waals surface area (Å²) in [4.78, 5) is 17.5. The van der Waals surface area contributed by atoms with Crippen LogP contribution in [-0.2, 0) is 11.0 Å². The molecule has 1 aromatic heterocycles. The van der Waals surface area contributed by atoms with Crippen LogP contribution in [0, 0.1) is 11.2 Å². The van der Waals surface area contributed by atoms with Crippen LogP contribution in [0.2, 0.25) is 0 Å². The highest BCUT2D eigenvalue weighted by Gasteiger charge is 2.35. The van der Waals surface area contributed by atoms with Gasteiger partial charge in [0.15, 0.2) is 5.78 Å². The number of hydrogen-bond donors (Lipinski definition) is 0. The van der Waals surface area contributed by atoms with Crippen LogP contribution in [0.3, 0.4) is 0 Å². The maximum absolute atomic E-state index is 13.3. The van der Waals surface area contributed by atoms with Crippen molar-refractivity contribution >= 4 is 25.2 Å². The highest BCUT2D eigenvalue weighted by atomic mass is 28.3. The fourth-order valence-electron chi connectivity index (χ4n) is 3.97.